The molecule has 36 heavy (non-hydrogen) atoms. The third-order valence-electron chi connectivity index (χ3n) is 5.84. The van der Waals surface area contributed by atoms with E-state index in [9.17, 15) is 29.4 Å². The quantitative estimate of drug-likeness (QED) is 0.284. The molecule has 176 valence electrons. The summed E-state index contributed by atoms with van der Waals surface area (Å²) in [6.45, 7) is 0. The van der Waals surface area contributed by atoms with Crippen LogP contribution >= 0.6 is 0 Å². The van der Waals surface area contributed by atoms with Crippen molar-refractivity contribution in [3.8, 4) is 11.5 Å². The van der Waals surface area contributed by atoms with Crippen molar-refractivity contribution in [3.63, 3.8) is 0 Å². The second-order valence-electron chi connectivity index (χ2n) is 8.06. The molecule has 0 radical (unpaired) electrons. The first kappa shape index (κ1) is 22.5. The lowest BCUT2D eigenvalue weighted by molar-refractivity contribution is 0.0973. The highest BCUT2D eigenvalue weighted by Gasteiger charge is 2.38. The molecule has 8 nitrogen and oxygen atoms in total. The monoisotopic (exact) mass is 478 g/mol. The fourth-order valence-electron chi connectivity index (χ4n) is 4.14. The predicted molar refractivity (Wildman–Crippen MR) is 132 cm³/mol. The van der Waals surface area contributed by atoms with Crippen LogP contribution in [0.15, 0.2) is 84.9 Å². The number of amides is 2. The fourth-order valence-corrected chi connectivity index (χ4v) is 4.14. The Hall–Kier alpha value is -5.24. The molecule has 4 aromatic rings. The van der Waals surface area contributed by atoms with Crippen molar-refractivity contribution in [3.05, 3.63) is 118 Å². The van der Waals surface area contributed by atoms with Crippen molar-refractivity contribution < 1.29 is 29.4 Å². The molecule has 0 heterocycles. The van der Waals surface area contributed by atoms with Crippen LogP contribution in [-0.4, -0.2) is 33.6 Å². The molecule has 0 aliphatic heterocycles. The normalized spacial score (nSPS) is 11.9. The number of phenolic OH excluding ortho intramolecular Hbond substituents is 2. The number of benzene rings is 4. The van der Waals surface area contributed by atoms with E-state index in [4.69, 9.17) is 0 Å². The number of fused-ring (bicyclic) bond motifs is 2. The second-order valence-corrected chi connectivity index (χ2v) is 8.06. The average molecular weight is 478 g/mol. The van der Waals surface area contributed by atoms with Crippen LogP contribution < -0.4 is 10.6 Å². The number of aromatic hydroxyl groups is 2. The van der Waals surface area contributed by atoms with E-state index < -0.39 is 34.9 Å². The average Bonchev–Trinajstić information content (AvgIpc) is 2.90. The minimum atomic E-state index is -0.785. The summed E-state index contributed by atoms with van der Waals surface area (Å²) in [5, 5.41) is 26.3. The van der Waals surface area contributed by atoms with Gasteiger partial charge in [0, 0.05) is 11.1 Å². The first-order valence-corrected chi connectivity index (χ1v) is 10.9. The van der Waals surface area contributed by atoms with Crippen LogP contribution in [-0.2, 0) is 0 Å². The van der Waals surface area contributed by atoms with Gasteiger partial charge in [-0.3, -0.25) is 19.2 Å². The minimum absolute atomic E-state index is 0.00113. The molecule has 0 atom stereocenters. The molecule has 0 saturated carbocycles. The van der Waals surface area contributed by atoms with Crippen molar-refractivity contribution in [2.75, 3.05) is 10.6 Å². The third kappa shape index (κ3) is 3.76. The largest absolute Gasteiger partial charge is 0.507 e. The van der Waals surface area contributed by atoms with E-state index in [1.54, 1.807) is 60.7 Å². The molecule has 8 heteroatoms. The van der Waals surface area contributed by atoms with Gasteiger partial charge in [-0.1, -0.05) is 36.4 Å². The van der Waals surface area contributed by atoms with Crippen molar-refractivity contribution in [1.82, 2.24) is 0 Å². The van der Waals surface area contributed by atoms with Gasteiger partial charge in [-0.2, -0.15) is 0 Å². The van der Waals surface area contributed by atoms with E-state index in [2.05, 4.69) is 10.6 Å². The van der Waals surface area contributed by atoms with Gasteiger partial charge in [0.05, 0.1) is 33.6 Å². The summed E-state index contributed by atoms with van der Waals surface area (Å²) >= 11 is 0. The number of nitrogens with one attached hydrogen (secondary N) is 2. The van der Waals surface area contributed by atoms with Crippen LogP contribution in [0.1, 0.15) is 52.6 Å². The molecule has 0 bridgehead atoms. The molecule has 0 fully saturated rings. The third-order valence-corrected chi connectivity index (χ3v) is 5.84. The highest BCUT2D eigenvalue weighted by Crippen LogP contribution is 2.42. The minimum Gasteiger partial charge on any atom is -0.507 e. The molecule has 0 saturated heterocycles. The Morgan fingerprint density at radius 3 is 1.22 bits per heavy atom. The number of rotatable bonds is 4. The molecule has 1 aliphatic carbocycles. The van der Waals surface area contributed by atoms with Crippen LogP contribution in [0.3, 0.4) is 0 Å². The second kappa shape index (κ2) is 8.84. The van der Waals surface area contributed by atoms with Gasteiger partial charge in [0.25, 0.3) is 11.8 Å². The van der Waals surface area contributed by atoms with Gasteiger partial charge in [0.1, 0.15) is 11.5 Å². The van der Waals surface area contributed by atoms with Crippen LogP contribution in [0.4, 0.5) is 11.4 Å². The number of anilines is 2. The number of carbonyl (C=O) groups excluding carboxylic acids is 4. The Kier molecular flexibility index (Phi) is 5.54. The zero-order valence-corrected chi connectivity index (χ0v) is 18.6. The molecule has 2 amide bonds. The summed E-state index contributed by atoms with van der Waals surface area (Å²) in [6.07, 6.45) is 0. The SMILES string of the molecule is O=C(Nc1ccc(O)c2c1C(=O)c1c(O)ccc(NC(=O)c3ccccc3)c1C2=O)c1ccccc1. The lowest BCUT2D eigenvalue weighted by Gasteiger charge is -2.24. The highest BCUT2D eigenvalue weighted by atomic mass is 16.3. The summed E-state index contributed by atoms with van der Waals surface area (Å²) < 4.78 is 0. The van der Waals surface area contributed by atoms with E-state index in [0.717, 1.165) is 0 Å². The Labute approximate surface area is 204 Å². The summed E-state index contributed by atoms with van der Waals surface area (Å²) in [7, 11) is 0. The molecular formula is C28H18N2O6. The smallest absolute Gasteiger partial charge is 0.255 e. The number of ketones is 2. The first-order valence-electron chi connectivity index (χ1n) is 10.9. The van der Waals surface area contributed by atoms with Gasteiger partial charge in [-0.25, -0.2) is 0 Å². The predicted octanol–water partition coefficient (Wildman–Crippen LogP) is 4.38. The Morgan fingerprint density at radius 2 is 0.861 bits per heavy atom. The Bertz CT molecular complexity index is 1440. The van der Waals surface area contributed by atoms with Crippen LogP contribution in [0.5, 0.6) is 11.5 Å². The molecule has 0 aromatic heterocycles. The van der Waals surface area contributed by atoms with E-state index in [1.807, 2.05) is 0 Å². The van der Waals surface area contributed by atoms with Gasteiger partial charge in [-0.15, -0.1) is 0 Å². The first-order chi connectivity index (χ1) is 17.4. The number of hydrogen-bond acceptors (Lipinski definition) is 6. The Morgan fingerprint density at radius 1 is 0.500 bits per heavy atom. The van der Waals surface area contributed by atoms with E-state index >= 15 is 0 Å². The lowest BCUT2D eigenvalue weighted by Crippen LogP contribution is -2.26. The summed E-state index contributed by atoms with van der Waals surface area (Å²) in [5.41, 5.74) is -0.528. The number of carbonyl (C=O) groups is 4. The van der Waals surface area contributed by atoms with Crippen LogP contribution in [0.2, 0.25) is 0 Å². The zero-order valence-electron chi connectivity index (χ0n) is 18.6. The number of hydrogen-bond donors (Lipinski definition) is 4. The molecule has 1 aliphatic rings. The molecule has 5 rings (SSSR count). The van der Waals surface area contributed by atoms with Crippen molar-refractivity contribution in [1.29, 1.82) is 0 Å². The van der Waals surface area contributed by atoms with Crippen LogP contribution in [0, 0.1) is 0 Å². The van der Waals surface area contributed by atoms with Gasteiger partial charge in [0.2, 0.25) is 11.6 Å². The van der Waals surface area contributed by atoms with Gasteiger partial charge in [-0.05, 0) is 48.5 Å². The van der Waals surface area contributed by atoms with E-state index in [-0.39, 0.29) is 33.6 Å². The number of phenols is 2. The maximum atomic E-state index is 13.6. The maximum Gasteiger partial charge on any atom is 0.255 e. The van der Waals surface area contributed by atoms with E-state index in [0.29, 0.717) is 11.1 Å². The molecular weight excluding hydrogens is 460 g/mol. The van der Waals surface area contributed by atoms with Crippen LogP contribution in [0.25, 0.3) is 0 Å². The standard InChI is InChI=1S/C28H18N2O6/c31-19-13-11-17(29-27(35)15-7-3-1-4-8-15)21-23(19)26(34)22-18(12-14-20(32)24(22)25(21)33)30-28(36)16-9-5-2-6-10-16/h1-14,31-32H,(H,29,35)(H,30,36). The fraction of sp³-hybridized carbons (Fsp3) is 0. The molecule has 0 unspecified atom stereocenters. The van der Waals surface area contributed by atoms with Gasteiger partial charge in [0.15, 0.2) is 0 Å². The lowest BCUT2D eigenvalue weighted by atomic mass is 9.81. The molecule has 4 aromatic carbocycles. The molecule has 4 N–H and O–H groups in total. The maximum absolute atomic E-state index is 13.6. The Balaban J connectivity index is 1.59. The van der Waals surface area contributed by atoms with Gasteiger partial charge < -0.3 is 20.8 Å². The summed E-state index contributed by atoms with van der Waals surface area (Å²) in [4.78, 5) is 52.6. The summed E-state index contributed by atoms with van der Waals surface area (Å²) in [5.74, 6) is -3.57. The molecule has 0 spiro atoms. The van der Waals surface area contributed by atoms with Crippen molar-refractivity contribution >= 4 is 34.8 Å². The zero-order chi connectivity index (χ0) is 25.4. The van der Waals surface area contributed by atoms with Crippen molar-refractivity contribution in [2.24, 2.45) is 0 Å². The van der Waals surface area contributed by atoms with E-state index in [1.165, 1.54) is 24.3 Å². The summed E-state index contributed by atoms with van der Waals surface area (Å²) in [6, 6.07) is 21.5. The van der Waals surface area contributed by atoms with Crippen molar-refractivity contribution in [2.45, 2.75) is 0 Å². The highest BCUT2D eigenvalue weighted by molar-refractivity contribution is 6.34. The van der Waals surface area contributed by atoms with Gasteiger partial charge >= 0.3 is 0 Å². The topological polar surface area (TPSA) is 133 Å².